The number of ketones is 1. The number of methoxy groups -OCH3 is 1. The Kier molecular flexibility index (Phi) is 5.80. The van der Waals surface area contributed by atoms with E-state index in [1.165, 1.54) is 18.7 Å². The second-order valence-electron chi connectivity index (χ2n) is 6.11. The van der Waals surface area contributed by atoms with E-state index in [2.05, 4.69) is 10.4 Å². The number of aryl methyl sites for hydroxylation is 1. The number of benzene rings is 2. The first-order valence-corrected chi connectivity index (χ1v) is 9.16. The SMILES string of the molecule is CCn1nc(-c2ccccc2)c(C(C)=O)c(Nc2cc(Cl)ccc2OC)c1=O. The highest BCUT2D eigenvalue weighted by molar-refractivity contribution is 6.31. The lowest BCUT2D eigenvalue weighted by Crippen LogP contribution is -2.28. The summed E-state index contributed by atoms with van der Waals surface area (Å²) in [6.45, 7) is 3.60. The highest BCUT2D eigenvalue weighted by Crippen LogP contribution is 2.33. The summed E-state index contributed by atoms with van der Waals surface area (Å²) >= 11 is 6.11. The van der Waals surface area contributed by atoms with Crippen LogP contribution in [0.25, 0.3) is 11.3 Å². The fourth-order valence-electron chi connectivity index (χ4n) is 2.95. The molecule has 1 aromatic heterocycles. The molecule has 0 amide bonds. The van der Waals surface area contributed by atoms with Crippen molar-refractivity contribution < 1.29 is 9.53 Å². The van der Waals surface area contributed by atoms with Gasteiger partial charge in [-0.1, -0.05) is 41.9 Å². The Hall–Kier alpha value is -3.12. The second-order valence-corrected chi connectivity index (χ2v) is 6.55. The predicted octanol–water partition coefficient (Wildman–Crippen LogP) is 4.54. The summed E-state index contributed by atoms with van der Waals surface area (Å²) in [5.41, 5.74) is 1.65. The average Bonchev–Trinajstić information content (AvgIpc) is 2.69. The van der Waals surface area contributed by atoms with Crippen LogP contribution in [-0.4, -0.2) is 22.7 Å². The molecule has 0 radical (unpaired) electrons. The van der Waals surface area contributed by atoms with E-state index in [1.807, 2.05) is 37.3 Å². The Morgan fingerprint density at radius 1 is 1.21 bits per heavy atom. The van der Waals surface area contributed by atoms with Gasteiger partial charge in [0, 0.05) is 17.1 Å². The van der Waals surface area contributed by atoms with Crippen molar-refractivity contribution in [2.75, 3.05) is 12.4 Å². The first-order valence-electron chi connectivity index (χ1n) is 8.78. The maximum absolute atomic E-state index is 13.0. The van der Waals surface area contributed by atoms with Crippen LogP contribution in [0.4, 0.5) is 11.4 Å². The summed E-state index contributed by atoms with van der Waals surface area (Å²) in [6, 6.07) is 14.3. The van der Waals surface area contributed by atoms with E-state index in [4.69, 9.17) is 16.3 Å². The van der Waals surface area contributed by atoms with E-state index in [9.17, 15) is 9.59 Å². The smallest absolute Gasteiger partial charge is 0.291 e. The zero-order valence-corrected chi connectivity index (χ0v) is 16.6. The monoisotopic (exact) mass is 397 g/mol. The number of ether oxygens (including phenoxy) is 1. The molecule has 3 rings (SSSR count). The van der Waals surface area contributed by atoms with Crippen molar-refractivity contribution in [3.05, 3.63) is 69.5 Å². The van der Waals surface area contributed by atoms with Crippen LogP contribution in [0.15, 0.2) is 53.3 Å². The maximum Gasteiger partial charge on any atom is 0.291 e. The van der Waals surface area contributed by atoms with Crippen LogP contribution < -0.4 is 15.6 Å². The molecule has 7 heteroatoms. The van der Waals surface area contributed by atoms with Crippen LogP contribution in [0.5, 0.6) is 5.75 Å². The molecule has 0 bridgehead atoms. The third kappa shape index (κ3) is 3.77. The highest BCUT2D eigenvalue weighted by Gasteiger charge is 2.22. The van der Waals surface area contributed by atoms with Crippen LogP contribution in [-0.2, 0) is 6.54 Å². The van der Waals surface area contributed by atoms with Crippen LogP contribution in [0, 0.1) is 0 Å². The number of carbonyl (C=O) groups is 1. The average molecular weight is 398 g/mol. The number of anilines is 2. The molecule has 0 unspecified atom stereocenters. The van der Waals surface area contributed by atoms with Gasteiger partial charge in [0.2, 0.25) is 0 Å². The van der Waals surface area contributed by atoms with Gasteiger partial charge in [-0.25, -0.2) is 4.68 Å². The Morgan fingerprint density at radius 2 is 1.93 bits per heavy atom. The number of carbonyl (C=O) groups excluding carboxylic acids is 1. The Bertz CT molecular complexity index is 1080. The lowest BCUT2D eigenvalue weighted by molar-refractivity contribution is 0.101. The minimum Gasteiger partial charge on any atom is -0.495 e. The van der Waals surface area contributed by atoms with Crippen LogP contribution in [0.1, 0.15) is 24.2 Å². The van der Waals surface area contributed by atoms with Crippen molar-refractivity contribution in [2.45, 2.75) is 20.4 Å². The van der Waals surface area contributed by atoms with E-state index >= 15 is 0 Å². The third-order valence-corrected chi connectivity index (χ3v) is 4.51. The minimum atomic E-state index is -0.394. The van der Waals surface area contributed by atoms with Gasteiger partial charge in [0.15, 0.2) is 5.78 Å². The van der Waals surface area contributed by atoms with Crippen molar-refractivity contribution in [1.82, 2.24) is 9.78 Å². The number of nitrogens with one attached hydrogen (secondary N) is 1. The molecule has 1 N–H and O–H groups in total. The number of nitrogens with zero attached hydrogens (tertiary/aromatic N) is 2. The largest absolute Gasteiger partial charge is 0.495 e. The molecule has 0 saturated carbocycles. The fourth-order valence-corrected chi connectivity index (χ4v) is 3.13. The van der Waals surface area contributed by atoms with Crippen molar-refractivity contribution >= 4 is 28.8 Å². The van der Waals surface area contributed by atoms with Crippen LogP contribution >= 0.6 is 11.6 Å². The van der Waals surface area contributed by atoms with Gasteiger partial charge in [-0.15, -0.1) is 0 Å². The molecule has 1 heterocycles. The summed E-state index contributed by atoms with van der Waals surface area (Å²) < 4.78 is 6.68. The molecule has 0 atom stereocenters. The van der Waals surface area contributed by atoms with Crippen LogP contribution in [0.2, 0.25) is 5.02 Å². The number of rotatable bonds is 6. The van der Waals surface area contributed by atoms with E-state index in [0.717, 1.165) is 5.56 Å². The number of halogens is 1. The van der Waals surface area contributed by atoms with Gasteiger partial charge in [-0.2, -0.15) is 5.10 Å². The van der Waals surface area contributed by atoms with Crippen molar-refractivity contribution in [3.63, 3.8) is 0 Å². The van der Waals surface area contributed by atoms with Gasteiger partial charge in [-0.3, -0.25) is 9.59 Å². The summed E-state index contributed by atoms with van der Waals surface area (Å²) in [7, 11) is 1.52. The number of hydrogen-bond donors (Lipinski definition) is 1. The molecule has 3 aromatic rings. The van der Waals surface area contributed by atoms with Crippen molar-refractivity contribution in [2.24, 2.45) is 0 Å². The fraction of sp³-hybridized carbons (Fsp3) is 0.190. The predicted molar refractivity (Wildman–Crippen MR) is 111 cm³/mol. The van der Waals surface area contributed by atoms with E-state index in [0.29, 0.717) is 28.7 Å². The molecule has 6 nitrogen and oxygen atoms in total. The normalized spacial score (nSPS) is 10.6. The standard InChI is InChI=1S/C21H20ClN3O3/c1-4-25-21(27)20(23-16-12-15(22)10-11-17(16)28-3)18(13(2)26)19(24-25)14-8-6-5-7-9-14/h5-12,23H,4H2,1-3H3. The number of Topliss-reactive ketones (excluding diaryl/α,β-unsaturated/α-hetero) is 1. The van der Waals surface area contributed by atoms with E-state index < -0.39 is 5.56 Å². The number of hydrogen-bond acceptors (Lipinski definition) is 5. The van der Waals surface area contributed by atoms with Gasteiger partial charge in [0.1, 0.15) is 17.1 Å². The molecule has 0 saturated heterocycles. The van der Waals surface area contributed by atoms with Crippen LogP contribution in [0.3, 0.4) is 0 Å². The van der Waals surface area contributed by atoms with Crippen molar-refractivity contribution in [3.8, 4) is 17.0 Å². The van der Waals surface area contributed by atoms with Gasteiger partial charge >= 0.3 is 0 Å². The molecule has 0 aliphatic heterocycles. The first kappa shape index (κ1) is 19.6. The van der Waals surface area contributed by atoms with Gasteiger partial charge in [-0.05, 0) is 32.0 Å². The minimum absolute atomic E-state index is 0.142. The first-order chi connectivity index (χ1) is 13.5. The highest BCUT2D eigenvalue weighted by atomic mass is 35.5. The molecule has 0 fully saturated rings. The molecule has 2 aromatic carbocycles. The Balaban J connectivity index is 2.30. The molecular formula is C21H20ClN3O3. The third-order valence-electron chi connectivity index (χ3n) is 4.28. The van der Waals surface area contributed by atoms with E-state index in [1.54, 1.807) is 18.2 Å². The second kappa shape index (κ2) is 8.27. The molecule has 0 aliphatic rings. The maximum atomic E-state index is 13.0. The number of aromatic nitrogens is 2. The molecular weight excluding hydrogens is 378 g/mol. The topological polar surface area (TPSA) is 73.2 Å². The molecule has 144 valence electrons. The summed E-state index contributed by atoms with van der Waals surface area (Å²) in [5.74, 6) is 0.231. The van der Waals surface area contributed by atoms with Gasteiger partial charge in [0.05, 0.1) is 18.4 Å². The van der Waals surface area contributed by atoms with Crippen molar-refractivity contribution in [1.29, 1.82) is 0 Å². The summed E-state index contributed by atoms with van der Waals surface area (Å²) in [5, 5.41) is 7.97. The Morgan fingerprint density at radius 3 is 2.54 bits per heavy atom. The summed E-state index contributed by atoms with van der Waals surface area (Å²) in [6.07, 6.45) is 0. The van der Waals surface area contributed by atoms with Gasteiger partial charge in [0.25, 0.3) is 5.56 Å². The van der Waals surface area contributed by atoms with E-state index in [-0.39, 0.29) is 17.0 Å². The zero-order valence-electron chi connectivity index (χ0n) is 15.8. The zero-order chi connectivity index (χ0) is 20.3. The summed E-state index contributed by atoms with van der Waals surface area (Å²) in [4.78, 5) is 25.5. The molecule has 0 spiro atoms. The quantitative estimate of drug-likeness (QED) is 0.618. The lowest BCUT2D eigenvalue weighted by atomic mass is 10.0. The lowest BCUT2D eigenvalue weighted by Gasteiger charge is -2.17. The van der Waals surface area contributed by atoms with Gasteiger partial charge < -0.3 is 10.1 Å². The molecule has 28 heavy (non-hydrogen) atoms. The Labute approximate surface area is 167 Å². The molecule has 0 aliphatic carbocycles.